The Bertz CT molecular complexity index is 796. The van der Waals surface area contributed by atoms with Gasteiger partial charge in [0.05, 0.1) is 26.4 Å². The molecule has 43 heavy (non-hydrogen) atoms. The maximum Gasteiger partial charge on any atom is 0.314 e. The SMILES string of the molecule is C[Si](C)(C)O[Si](C)(CCCOCC(CO[C@@H]1O[C@H](CO)[C@@H](O)[C@H](O)[C@H]1O)O[C@@H]1O[C@H](CO)[C@@H](O)[C@H](O)[C@H]1O)O[Si](C)(C)C. The summed E-state index contributed by atoms with van der Waals surface area (Å²) in [4.78, 5) is 0. The number of ether oxygens (including phenoxy) is 5. The fourth-order valence-electron chi connectivity index (χ4n) is 5.03. The first kappa shape index (κ1) is 39.2. The van der Waals surface area contributed by atoms with Crippen LogP contribution in [0.25, 0.3) is 0 Å². The van der Waals surface area contributed by atoms with E-state index >= 15 is 0 Å². The Morgan fingerprint density at radius 1 is 0.628 bits per heavy atom. The standard InChI is InChI=1S/C25H54O15Si3/c1-41(2,3)39-43(7,40-42(4,5)6)10-8-9-34-13-15(36-25-23(33)21(31)19(29)17(12-27)38-25)14-35-24-22(32)20(30)18(28)16(11-26)37-24/h15-33H,8-14H2,1-7H3/t15?,16-,17-,18-,19-,20+,21+,22-,23-,24-,25-/m1/s1. The molecule has 2 aliphatic heterocycles. The molecule has 0 spiro atoms. The van der Waals surface area contributed by atoms with E-state index in [1.807, 2.05) is 0 Å². The van der Waals surface area contributed by atoms with Gasteiger partial charge in [-0.25, -0.2) is 0 Å². The molecule has 1 unspecified atom stereocenters. The van der Waals surface area contributed by atoms with Crippen molar-refractivity contribution in [2.75, 3.05) is 33.0 Å². The first-order valence-electron chi connectivity index (χ1n) is 14.7. The van der Waals surface area contributed by atoms with E-state index in [-0.39, 0.29) is 13.2 Å². The zero-order valence-corrected chi connectivity index (χ0v) is 29.2. The van der Waals surface area contributed by atoms with E-state index in [0.717, 1.165) is 0 Å². The molecule has 18 heteroatoms. The lowest BCUT2D eigenvalue weighted by Gasteiger charge is -2.42. The lowest BCUT2D eigenvalue weighted by Crippen LogP contribution is -2.60. The first-order valence-corrected chi connectivity index (χ1v) is 24.0. The van der Waals surface area contributed by atoms with Crippen molar-refractivity contribution in [3.05, 3.63) is 0 Å². The highest BCUT2D eigenvalue weighted by Gasteiger charge is 2.47. The molecule has 256 valence electrons. The van der Waals surface area contributed by atoms with Crippen molar-refractivity contribution in [3.8, 4) is 0 Å². The molecule has 2 aliphatic rings. The summed E-state index contributed by atoms with van der Waals surface area (Å²) in [6, 6.07) is 0.696. The fraction of sp³-hybridized carbons (Fsp3) is 1.00. The monoisotopic (exact) mass is 678 g/mol. The predicted molar refractivity (Wildman–Crippen MR) is 159 cm³/mol. The number of hydrogen-bond acceptors (Lipinski definition) is 15. The molecular formula is C25H54O15Si3. The molecule has 15 nitrogen and oxygen atoms in total. The van der Waals surface area contributed by atoms with Crippen molar-refractivity contribution in [1.29, 1.82) is 0 Å². The fourth-order valence-corrected chi connectivity index (χ4v) is 17.5. The summed E-state index contributed by atoms with van der Waals surface area (Å²) in [5.41, 5.74) is 0. The van der Waals surface area contributed by atoms with Gasteiger partial charge < -0.3 is 72.8 Å². The Kier molecular flexibility index (Phi) is 15.3. The summed E-state index contributed by atoms with van der Waals surface area (Å²) in [6.45, 7) is 13.4. The number of aliphatic hydroxyl groups is 8. The molecule has 0 bridgehead atoms. The van der Waals surface area contributed by atoms with Gasteiger partial charge in [0.2, 0.25) is 0 Å². The van der Waals surface area contributed by atoms with Crippen LogP contribution < -0.4 is 0 Å². The largest absolute Gasteiger partial charge is 0.437 e. The Labute approximate surface area is 256 Å². The van der Waals surface area contributed by atoms with E-state index in [1.165, 1.54) is 0 Å². The average molecular weight is 679 g/mol. The second-order valence-corrected chi connectivity index (χ2v) is 26.1. The molecule has 0 radical (unpaired) electrons. The van der Waals surface area contributed by atoms with Gasteiger partial charge in [-0.1, -0.05) is 0 Å². The summed E-state index contributed by atoms with van der Waals surface area (Å²) in [7, 11) is -6.23. The smallest absolute Gasteiger partial charge is 0.314 e. The van der Waals surface area contributed by atoms with Gasteiger partial charge in [0.25, 0.3) is 0 Å². The van der Waals surface area contributed by atoms with Crippen molar-refractivity contribution >= 4 is 25.2 Å². The topological polar surface area (TPSA) is 226 Å². The molecule has 8 N–H and O–H groups in total. The van der Waals surface area contributed by atoms with Crippen LogP contribution in [0.4, 0.5) is 0 Å². The average Bonchev–Trinajstić information content (AvgIpc) is 2.88. The summed E-state index contributed by atoms with van der Waals surface area (Å²) >= 11 is 0. The van der Waals surface area contributed by atoms with Crippen LogP contribution in [-0.4, -0.2) is 167 Å². The van der Waals surface area contributed by atoms with Crippen molar-refractivity contribution in [2.24, 2.45) is 0 Å². The minimum atomic E-state index is -2.49. The third kappa shape index (κ3) is 12.3. The van der Waals surface area contributed by atoms with Crippen LogP contribution in [0.5, 0.6) is 0 Å². The van der Waals surface area contributed by atoms with Gasteiger partial charge in [0, 0.05) is 6.61 Å². The molecule has 0 aromatic carbocycles. The van der Waals surface area contributed by atoms with E-state index in [9.17, 15) is 40.9 Å². The summed E-state index contributed by atoms with van der Waals surface area (Å²) in [6.07, 6.45) is -15.4. The van der Waals surface area contributed by atoms with Crippen LogP contribution in [0.3, 0.4) is 0 Å². The number of aliphatic hydroxyl groups excluding tert-OH is 8. The Hall–Kier alpha value is 0.0506. The molecule has 2 fully saturated rings. The zero-order chi connectivity index (χ0) is 32.8. The predicted octanol–water partition coefficient (Wildman–Crippen LogP) is -1.83. The maximum absolute atomic E-state index is 10.5. The molecule has 0 aromatic rings. The molecule has 0 aliphatic carbocycles. The Morgan fingerprint density at radius 3 is 1.56 bits per heavy atom. The molecule has 2 saturated heterocycles. The highest BCUT2D eigenvalue weighted by molar-refractivity contribution is 6.87. The zero-order valence-electron chi connectivity index (χ0n) is 26.2. The number of hydrogen-bond donors (Lipinski definition) is 8. The van der Waals surface area contributed by atoms with Gasteiger partial charge in [0.15, 0.2) is 29.2 Å². The van der Waals surface area contributed by atoms with Crippen molar-refractivity contribution in [1.82, 2.24) is 0 Å². The van der Waals surface area contributed by atoms with Crippen molar-refractivity contribution in [3.63, 3.8) is 0 Å². The van der Waals surface area contributed by atoms with Gasteiger partial charge in [-0.3, -0.25) is 0 Å². The van der Waals surface area contributed by atoms with Gasteiger partial charge in [-0.15, -0.1) is 0 Å². The second-order valence-electron chi connectivity index (χ2n) is 13.2. The summed E-state index contributed by atoms with van der Waals surface area (Å²) < 4.78 is 41.2. The lowest BCUT2D eigenvalue weighted by atomic mass is 9.99. The van der Waals surface area contributed by atoms with Crippen LogP contribution in [0.15, 0.2) is 0 Å². The van der Waals surface area contributed by atoms with Crippen LogP contribution in [0.2, 0.25) is 51.9 Å². The minimum absolute atomic E-state index is 0.103. The maximum atomic E-state index is 10.5. The highest BCUT2D eigenvalue weighted by atomic mass is 28.5. The molecule has 0 saturated carbocycles. The quantitative estimate of drug-likeness (QED) is 0.0625. The first-order chi connectivity index (χ1) is 19.8. The summed E-state index contributed by atoms with van der Waals surface area (Å²) in [5.74, 6) is 0. The van der Waals surface area contributed by atoms with E-state index in [2.05, 4.69) is 45.8 Å². The van der Waals surface area contributed by atoms with Gasteiger partial charge in [-0.05, 0) is 58.3 Å². The van der Waals surface area contributed by atoms with Crippen LogP contribution in [0, 0.1) is 0 Å². The molecule has 11 atom stereocenters. The van der Waals surface area contributed by atoms with Gasteiger partial charge in [-0.2, -0.15) is 0 Å². The molecule has 2 heterocycles. The molecule has 0 amide bonds. The van der Waals surface area contributed by atoms with E-state index < -0.39 is 106 Å². The minimum Gasteiger partial charge on any atom is -0.437 e. The number of rotatable bonds is 17. The van der Waals surface area contributed by atoms with Crippen LogP contribution in [0.1, 0.15) is 6.42 Å². The van der Waals surface area contributed by atoms with Crippen LogP contribution in [-0.2, 0) is 31.9 Å². The van der Waals surface area contributed by atoms with E-state index in [4.69, 9.17) is 31.9 Å². The summed E-state index contributed by atoms with van der Waals surface area (Å²) in [5, 5.41) is 80.1. The highest BCUT2D eigenvalue weighted by Crippen LogP contribution is 2.27. The second kappa shape index (κ2) is 16.7. The Morgan fingerprint density at radius 2 is 1.09 bits per heavy atom. The Balaban J connectivity index is 2.06. The third-order valence-electron chi connectivity index (χ3n) is 6.74. The van der Waals surface area contributed by atoms with Gasteiger partial charge >= 0.3 is 8.56 Å². The molecular weight excluding hydrogens is 625 g/mol. The van der Waals surface area contributed by atoms with Crippen molar-refractivity contribution < 1.29 is 72.8 Å². The lowest BCUT2D eigenvalue weighted by molar-refractivity contribution is -0.330. The van der Waals surface area contributed by atoms with Crippen molar-refractivity contribution in [2.45, 2.75) is 126 Å². The van der Waals surface area contributed by atoms with Crippen LogP contribution >= 0.6 is 0 Å². The third-order valence-corrected chi connectivity index (χ3v) is 16.4. The van der Waals surface area contributed by atoms with E-state index in [1.54, 1.807) is 0 Å². The normalized spacial score (nSPS) is 35.2. The molecule has 2 rings (SSSR count). The van der Waals surface area contributed by atoms with Gasteiger partial charge in [0.1, 0.15) is 54.9 Å². The molecule has 0 aromatic heterocycles. The van der Waals surface area contributed by atoms with E-state index in [0.29, 0.717) is 19.1 Å².